The van der Waals surface area contributed by atoms with Crippen LogP contribution in [0.25, 0.3) is 11.0 Å². The van der Waals surface area contributed by atoms with Crippen molar-refractivity contribution >= 4 is 29.3 Å². The van der Waals surface area contributed by atoms with E-state index in [4.69, 9.17) is 10.2 Å². The molecule has 1 amide bonds. The number of nitrogens with two attached hydrogens (primary N) is 1. The summed E-state index contributed by atoms with van der Waals surface area (Å²) in [6.45, 7) is 4.50. The highest BCUT2D eigenvalue weighted by Crippen LogP contribution is 2.18. The Morgan fingerprint density at radius 3 is 2.68 bits per heavy atom. The standard InChI is InChI=1S/C14H18N2O2.ClH/c1-9(2)11(15)8-16-14(17)13-7-10-5-3-4-6-12(10)18-13;/h3-7,9,11H,8,15H2,1-2H3,(H,16,17);1H/t11-;/m0./s1. The molecule has 2 rings (SSSR count). The second-order valence-electron chi connectivity index (χ2n) is 4.77. The van der Waals surface area contributed by atoms with Crippen molar-refractivity contribution in [3.63, 3.8) is 0 Å². The van der Waals surface area contributed by atoms with Crippen molar-refractivity contribution in [3.8, 4) is 0 Å². The van der Waals surface area contributed by atoms with E-state index < -0.39 is 0 Å². The number of hydrogen-bond acceptors (Lipinski definition) is 3. The minimum atomic E-state index is -0.220. The average molecular weight is 283 g/mol. The number of benzene rings is 1. The van der Waals surface area contributed by atoms with Gasteiger partial charge in [0.15, 0.2) is 5.76 Å². The highest BCUT2D eigenvalue weighted by Gasteiger charge is 2.14. The van der Waals surface area contributed by atoms with Gasteiger partial charge in [-0.15, -0.1) is 12.4 Å². The molecule has 3 N–H and O–H groups in total. The number of amides is 1. The maximum absolute atomic E-state index is 11.9. The van der Waals surface area contributed by atoms with Gasteiger partial charge < -0.3 is 15.5 Å². The molecule has 1 aromatic carbocycles. The van der Waals surface area contributed by atoms with Gasteiger partial charge in [0.1, 0.15) is 5.58 Å². The molecule has 5 heteroatoms. The van der Waals surface area contributed by atoms with Gasteiger partial charge in [0.05, 0.1) is 0 Å². The first-order chi connectivity index (χ1) is 8.58. The summed E-state index contributed by atoms with van der Waals surface area (Å²) >= 11 is 0. The molecule has 0 saturated heterocycles. The van der Waals surface area contributed by atoms with Gasteiger partial charge in [-0.25, -0.2) is 0 Å². The van der Waals surface area contributed by atoms with Crippen LogP contribution in [0.2, 0.25) is 0 Å². The molecule has 104 valence electrons. The van der Waals surface area contributed by atoms with Gasteiger partial charge in [0.2, 0.25) is 0 Å². The Labute approximate surface area is 118 Å². The lowest BCUT2D eigenvalue weighted by atomic mass is 10.1. The molecule has 19 heavy (non-hydrogen) atoms. The number of para-hydroxylation sites is 1. The Balaban J connectivity index is 0.00000180. The van der Waals surface area contributed by atoms with E-state index in [9.17, 15) is 4.79 Å². The van der Waals surface area contributed by atoms with Crippen LogP contribution in [-0.4, -0.2) is 18.5 Å². The molecular weight excluding hydrogens is 264 g/mol. The van der Waals surface area contributed by atoms with Crippen LogP contribution in [0.5, 0.6) is 0 Å². The van der Waals surface area contributed by atoms with Crippen LogP contribution < -0.4 is 11.1 Å². The quantitative estimate of drug-likeness (QED) is 0.905. The number of fused-ring (bicyclic) bond motifs is 1. The van der Waals surface area contributed by atoms with Crippen molar-refractivity contribution in [2.45, 2.75) is 19.9 Å². The SMILES string of the molecule is CC(C)[C@@H](N)CNC(=O)c1cc2ccccc2o1.Cl. The fraction of sp³-hybridized carbons (Fsp3) is 0.357. The zero-order chi connectivity index (χ0) is 13.1. The molecule has 0 spiro atoms. The van der Waals surface area contributed by atoms with E-state index in [1.807, 2.05) is 38.1 Å². The zero-order valence-corrected chi connectivity index (χ0v) is 11.9. The highest BCUT2D eigenvalue weighted by atomic mass is 35.5. The zero-order valence-electron chi connectivity index (χ0n) is 11.1. The van der Waals surface area contributed by atoms with Gasteiger partial charge in [0, 0.05) is 18.0 Å². The molecule has 1 heterocycles. The second-order valence-corrected chi connectivity index (χ2v) is 4.77. The Morgan fingerprint density at radius 2 is 2.05 bits per heavy atom. The molecule has 1 aromatic heterocycles. The molecule has 0 bridgehead atoms. The maximum atomic E-state index is 11.9. The number of nitrogens with one attached hydrogen (secondary N) is 1. The molecule has 0 aliphatic heterocycles. The predicted molar refractivity (Wildman–Crippen MR) is 78.6 cm³/mol. The van der Waals surface area contributed by atoms with E-state index in [-0.39, 0.29) is 24.4 Å². The van der Waals surface area contributed by atoms with Crippen LogP contribution >= 0.6 is 12.4 Å². The van der Waals surface area contributed by atoms with E-state index in [1.54, 1.807) is 6.07 Å². The Kier molecular flexibility index (Phi) is 5.39. The fourth-order valence-electron chi connectivity index (χ4n) is 1.63. The number of carbonyl (C=O) groups excluding carboxylic acids is 1. The molecule has 0 radical (unpaired) electrons. The van der Waals surface area contributed by atoms with Crippen LogP contribution in [0.4, 0.5) is 0 Å². The van der Waals surface area contributed by atoms with Crippen LogP contribution in [0.1, 0.15) is 24.4 Å². The van der Waals surface area contributed by atoms with Gasteiger partial charge in [-0.05, 0) is 18.1 Å². The summed E-state index contributed by atoms with van der Waals surface area (Å²) in [6, 6.07) is 9.24. The molecule has 1 atom stereocenters. The monoisotopic (exact) mass is 282 g/mol. The predicted octanol–water partition coefficient (Wildman–Crippen LogP) is 2.57. The van der Waals surface area contributed by atoms with Crippen molar-refractivity contribution < 1.29 is 9.21 Å². The van der Waals surface area contributed by atoms with E-state index in [0.717, 1.165) is 11.0 Å². The van der Waals surface area contributed by atoms with Gasteiger partial charge >= 0.3 is 0 Å². The first-order valence-corrected chi connectivity index (χ1v) is 6.10. The smallest absolute Gasteiger partial charge is 0.287 e. The summed E-state index contributed by atoms with van der Waals surface area (Å²) in [4.78, 5) is 11.9. The summed E-state index contributed by atoms with van der Waals surface area (Å²) in [7, 11) is 0. The van der Waals surface area contributed by atoms with Crippen LogP contribution in [0.15, 0.2) is 34.7 Å². The Morgan fingerprint density at radius 1 is 1.37 bits per heavy atom. The molecule has 2 aromatic rings. The summed E-state index contributed by atoms with van der Waals surface area (Å²) in [6.07, 6.45) is 0. The lowest BCUT2D eigenvalue weighted by molar-refractivity contribution is 0.0923. The van der Waals surface area contributed by atoms with Gasteiger partial charge in [0.25, 0.3) is 5.91 Å². The van der Waals surface area contributed by atoms with Crippen molar-refractivity contribution in [1.29, 1.82) is 0 Å². The molecule has 0 aliphatic carbocycles. The van der Waals surface area contributed by atoms with Crippen LogP contribution in [-0.2, 0) is 0 Å². The number of hydrogen-bond donors (Lipinski definition) is 2. The minimum absolute atomic E-state index is 0. The lowest BCUT2D eigenvalue weighted by Gasteiger charge is -2.15. The van der Waals surface area contributed by atoms with E-state index in [2.05, 4.69) is 5.32 Å². The number of furan rings is 1. The van der Waals surface area contributed by atoms with Gasteiger partial charge in [-0.2, -0.15) is 0 Å². The van der Waals surface area contributed by atoms with Gasteiger partial charge in [-0.1, -0.05) is 32.0 Å². The van der Waals surface area contributed by atoms with E-state index >= 15 is 0 Å². The molecule has 4 nitrogen and oxygen atoms in total. The van der Waals surface area contributed by atoms with Crippen LogP contribution in [0, 0.1) is 5.92 Å². The molecule has 0 aliphatic rings. The summed E-state index contributed by atoms with van der Waals surface area (Å²) in [5.74, 6) is 0.440. The third-order valence-electron chi connectivity index (χ3n) is 3.00. The molecule has 0 fully saturated rings. The fourth-order valence-corrected chi connectivity index (χ4v) is 1.63. The average Bonchev–Trinajstić information content (AvgIpc) is 2.79. The second kappa shape index (κ2) is 6.59. The first kappa shape index (κ1) is 15.5. The number of halogens is 1. The van der Waals surface area contributed by atoms with Crippen LogP contribution in [0.3, 0.4) is 0 Å². The molecular formula is C14H19ClN2O2. The normalized spacial score (nSPS) is 12.2. The maximum Gasteiger partial charge on any atom is 0.287 e. The summed E-state index contributed by atoms with van der Waals surface area (Å²) in [5, 5.41) is 3.71. The summed E-state index contributed by atoms with van der Waals surface area (Å²) < 4.78 is 5.47. The van der Waals surface area contributed by atoms with E-state index in [1.165, 1.54) is 0 Å². The minimum Gasteiger partial charge on any atom is -0.451 e. The highest BCUT2D eigenvalue weighted by molar-refractivity contribution is 5.96. The number of rotatable bonds is 4. The van der Waals surface area contributed by atoms with Crippen molar-refractivity contribution in [3.05, 3.63) is 36.1 Å². The Hall–Kier alpha value is -1.52. The van der Waals surface area contributed by atoms with Gasteiger partial charge in [-0.3, -0.25) is 4.79 Å². The largest absolute Gasteiger partial charge is 0.451 e. The Bertz CT molecular complexity index is 518. The van der Waals surface area contributed by atoms with Crippen molar-refractivity contribution in [2.75, 3.05) is 6.54 Å². The summed E-state index contributed by atoms with van der Waals surface area (Å²) in [5.41, 5.74) is 6.59. The lowest BCUT2D eigenvalue weighted by Crippen LogP contribution is -2.40. The first-order valence-electron chi connectivity index (χ1n) is 6.10. The number of carbonyl (C=O) groups is 1. The molecule has 0 saturated carbocycles. The topological polar surface area (TPSA) is 68.3 Å². The van der Waals surface area contributed by atoms with E-state index in [0.29, 0.717) is 18.2 Å². The third-order valence-corrected chi connectivity index (χ3v) is 3.00. The third kappa shape index (κ3) is 3.72. The van der Waals surface area contributed by atoms with Crippen molar-refractivity contribution in [2.24, 2.45) is 11.7 Å². The molecule has 0 unspecified atom stereocenters. The van der Waals surface area contributed by atoms with Crippen molar-refractivity contribution in [1.82, 2.24) is 5.32 Å².